The molecule has 0 fully saturated rings. The lowest BCUT2D eigenvalue weighted by atomic mass is 10.1. The molecule has 0 amide bonds. The van der Waals surface area contributed by atoms with Gasteiger partial charge in [-0.2, -0.15) is 0 Å². The summed E-state index contributed by atoms with van der Waals surface area (Å²) >= 11 is 1.52. The fourth-order valence-corrected chi connectivity index (χ4v) is 4.94. The van der Waals surface area contributed by atoms with E-state index in [-0.39, 0.29) is 12.4 Å². The van der Waals surface area contributed by atoms with Gasteiger partial charge in [0.25, 0.3) is 0 Å². The van der Waals surface area contributed by atoms with Gasteiger partial charge in [0.2, 0.25) is 6.79 Å². The number of rotatable bonds is 5. The van der Waals surface area contributed by atoms with Crippen LogP contribution in [0, 0.1) is 6.92 Å². The zero-order valence-corrected chi connectivity index (χ0v) is 19.0. The standard InChI is InChI=1S/C26H19N3O4S/c1-16-7-9-20-18(13-24(30)33-22(20)11-16)14-34-26-28-27-25(29(26)19-5-3-2-4-6-19)17-8-10-21-23(12-17)32-15-31-21/h2-13H,14-15H2,1H3. The smallest absolute Gasteiger partial charge is 0.336 e. The van der Waals surface area contributed by atoms with Gasteiger partial charge in [-0.3, -0.25) is 4.57 Å². The monoisotopic (exact) mass is 469 g/mol. The molecule has 0 N–H and O–H groups in total. The summed E-state index contributed by atoms with van der Waals surface area (Å²) in [6, 6.07) is 23.1. The Bertz CT molecular complexity index is 1580. The summed E-state index contributed by atoms with van der Waals surface area (Å²) < 4.78 is 18.4. The first-order valence-corrected chi connectivity index (χ1v) is 11.7. The lowest BCUT2D eigenvalue weighted by molar-refractivity contribution is 0.174. The van der Waals surface area contributed by atoms with Crippen LogP contribution in [0.1, 0.15) is 11.1 Å². The van der Waals surface area contributed by atoms with Crippen molar-refractivity contribution in [2.24, 2.45) is 0 Å². The van der Waals surface area contributed by atoms with Gasteiger partial charge in [0.1, 0.15) is 5.58 Å². The van der Waals surface area contributed by atoms with Crippen LogP contribution in [0.25, 0.3) is 28.0 Å². The summed E-state index contributed by atoms with van der Waals surface area (Å²) in [5.41, 5.74) is 3.97. The minimum atomic E-state index is -0.362. The molecule has 0 atom stereocenters. The first-order chi connectivity index (χ1) is 16.7. The van der Waals surface area contributed by atoms with Crippen molar-refractivity contribution in [3.05, 3.63) is 94.3 Å². The van der Waals surface area contributed by atoms with Crippen molar-refractivity contribution in [2.75, 3.05) is 6.79 Å². The molecule has 0 radical (unpaired) electrons. The van der Waals surface area contributed by atoms with Crippen LogP contribution in [0.15, 0.2) is 87.2 Å². The van der Waals surface area contributed by atoms with E-state index in [2.05, 4.69) is 10.2 Å². The molecule has 7 nitrogen and oxygen atoms in total. The van der Waals surface area contributed by atoms with E-state index in [1.807, 2.05) is 78.2 Å². The van der Waals surface area contributed by atoms with Crippen LogP contribution in [-0.4, -0.2) is 21.6 Å². The third-order valence-electron chi connectivity index (χ3n) is 5.62. The second-order valence-electron chi connectivity index (χ2n) is 7.92. The molecule has 5 aromatic rings. The Labute approximate surface area is 199 Å². The summed E-state index contributed by atoms with van der Waals surface area (Å²) in [5, 5.41) is 10.6. The highest BCUT2D eigenvalue weighted by atomic mass is 32.2. The van der Waals surface area contributed by atoms with Crippen LogP contribution < -0.4 is 15.1 Å². The zero-order chi connectivity index (χ0) is 23.1. The predicted molar refractivity (Wildman–Crippen MR) is 130 cm³/mol. The van der Waals surface area contributed by atoms with E-state index < -0.39 is 0 Å². The number of para-hydroxylation sites is 1. The molecule has 0 aliphatic carbocycles. The average Bonchev–Trinajstić information content (AvgIpc) is 3.49. The summed E-state index contributed by atoms with van der Waals surface area (Å²) in [4.78, 5) is 12.2. The van der Waals surface area contributed by atoms with Crippen LogP contribution in [0.2, 0.25) is 0 Å². The van der Waals surface area contributed by atoms with E-state index in [4.69, 9.17) is 13.9 Å². The van der Waals surface area contributed by atoms with Gasteiger partial charge in [-0.25, -0.2) is 4.79 Å². The second kappa shape index (κ2) is 8.39. The Morgan fingerprint density at radius 3 is 2.68 bits per heavy atom. The maximum Gasteiger partial charge on any atom is 0.336 e. The number of thioether (sulfide) groups is 1. The topological polar surface area (TPSA) is 79.4 Å². The van der Waals surface area contributed by atoms with Gasteiger partial charge >= 0.3 is 5.63 Å². The molecule has 1 aliphatic rings. The van der Waals surface area contributed by atoms with Crippen molar-refractivity contribution >= 4 is 22.7 Å². The highest BCUT2D eigenvalue weighted by molar-refractivity contribution is 7.98. The number of ether oxygens (including phenoxy) is 2. The second-order valence-corrected chi connectivity index (χ2v) is 8.87. The van der Waals surface area contributed by atoms with Gasteiger partial charge in [0.15, 0.2) is 22.5 Å². The van der Waals surface area contributed by atoms with Gasteiger partial charge in [-0.1, -0.05) is 42.1 Å². The predicted octanol–water partition coefficient (Wildman–Crippen LogP) is 5.37. The first kappa shape index (κ1) is 20.6. The van der Waals surface area contributed by atoms with E-state index in [1.165, 1.54) is 11.8 Å². The van der Waals surface area contributed by atoms with Gasteiger partial charge in [-0.05, 0) is 54.4 Å². The Morgan fingerprint density at radius 2 is 1.79 bits per heavy atom. The summed E-state index contributed by atoms with van der Waals surface area (Å²) in [7, 11) is 0. The number of nitrogens with zero attached hydrogens (tertiary/aromatic N) is 3. The largest absolute Gasteiger partial charge is 0.454 e. The van der Waals surface area contributed by atoms with Crippen molar-refractivity contribution in [1.29, 1.82) is 0 Å². The van der Waals surface area contributed by atoms with Crippen LogP contribution in [0.5, 0.6) is 11.5 Å². The summed E-state index contributed by atoms with van der Waals surface area (Å²) in [5.74, 6) is 2.64. The number of hydrogen-bond donors (Lipinski definition) is 0. The van der Waals surface area contributed by atoms with E-state index in [9.17, 15) is 4.79 Å². The highest BCUT2D eigenvalue weighted by Gasteiger charge is 2.20. The highest BCUT2D eigenvalue weighted by Crippen LogP contribution is 2.37. The maximum atomic E-state index is 12.2. The Hall–Kier alpha value is -4.04. The lowest BCUT2D eigenvalue weighted by Crippen LogP contribution is -2.02. The van der Waals surface area contributed by atoms with E-state index in [0.717, 1.165) is 27.8 Å². The molecule has 8 heteroatoms. The van der Waals surface area contributed by atoms with Crippen molar-refractivity contribution in [3.8, 4) is 28.6 Å². The van der Waals surface area contributed by atoms with Gasteiger partial charge in [0, 0.05) is 28.5 Å². The average molecular weight is 470 g/mol. The molecule has 0 bridgehead atoms. The molecular weight excluding hydrogens is 450 g/mol. The van der Waals surface area contributed by atoms with E-state index in [1.54, 1.807) is 6.07 Å². The molecule has 0 saturated heterocycles. The minimum Gasteiger partial charge on any atom is -0.454 e. The normalized spacial score (nSPS) is 12.4. The molecule has 0 spiro atoms. The molecule has 6 rings (SSSR count). The van der Waals surface area contributed by atoms with Gasteiger partial charge in [0.05, 0.1) is 0 Å². The molecule has 0 saturated carbocycles. The number of hydrogen-bond acceptors (Lipinski definition) is 7. The molecule has 34 heavy (non-hydrogen) atoms. The maximum absolute atomic E-state index is 12.2. The summed E-state index contributed by atoms with van der Waals surface area (Å²) in [6.07, 6.45) is 0. The van der Waals surface area contributed by atoms with Crippen molar-refractivity contribution in [2.45, 2.75) is 17.8 Å². The van der Waals surface area contributed by atoms with Gasteiger partial charge in [-0.15, -0.1) is 10.2 Å². The molecular formula is C26H19N3O4S. The number of benzene rings is 3. The quantitative estimate of drug-likeness (QED) is 0.253. The van der Waals surface area contributed by atoms with Crippen LogP contribution >= 0.6 is 11.8 Å². The minimum absolute atomic E-state index is 0.212. The molecule has 2 aromatic heterocycles. The lowest BCUT2D eigenvalue weighted by Gasteiger charge is -2.11. The van der Waals surface area contributed by atoms with Crippen LogP contribution in [0.3, 0.4) is 0 Å². The third kappa shape index (κ3) is 3.72. The number of aromatic nitrogens is 3. The fraction of sp³-hybridized carbons (Fsp3) is 0.115. The molecule has 3 aromatic carbocycles. The van der Waals surface area contributed by atoms with Crippen molar-refractivity contribution in [3.63, 3.8) is 0 Å². The molecule has 0 unspecified atom stereocenters. The molecule has 3 heterocycles. The van der Waals surface area contributed by atoms with Crippen molar-refractivity contribution in [1.82, 2.24) is 14.8 Å². The Morgan fingerprint density at radius 1 is 0.941 bits per heavy atom. The van der Waals surface area contributed by atoms with Crippen LogP contribution in [0.4, 0.5) is 0 Å². The van der Waals surface area contributed by atoms with E-state index >= 15 is 0 Å². The van der Waals surface area contributed by atoms with Gasteiger partial charge < -0.3 is 13.9 Å². The first-order valence-electron chi connectivity index (χ1n) is 10.7. The molecule has 1 aliphatic heterocycles. The molecule has 168 valence electrons. The van der Waals surface area contributed by atoms with Crippen LogP contribution in [-0.2, 0) is 5.75 Å². The number of aryl methyl sites for hydroxylation is 1. The van der Waals surface area contributed by atoms with Crippen molar-refractivity contribution < 1.29 is 13.9 Å². The SMILES string of the molecule is Cc1ccc2c(CSc3nnc(-c4ccc5c(c4)OCO5)n3-c3ccccc3)cc(=O)oc2c1. The summed E-state index contributed by atoms with van der Waals surface area (Å²) in [6.45, 7) is 2.19. The fourth-order valence-electron chi connectivity index (χ4n) is 3.99. The third-order valence-corrected chi connectivity index (χ3v) is 6.60. The zero-order valence-electron chi connectivity index (χ0n) is 18.2. The number of fused-ring (bicyclic) bond motifs is 2. The Kier molecular flexibility index (Phi) is 5.07. The Balaban J connectivity index is 1.41. The van der Waals surface area contributed by atoms with E-state index in [0.29, 0.717) is 33.8 Å².